The van der Waals surface area contributed by atoms with Gasteiger partial charge in [0, 0.05) is 21.3 Å². The molecule has 0 spiro atoms. The second kappa shape index (κ2) is 5.44. The van der Waals surface area contributed by atoms with Crippen molar-refractivity contribution < 1.29 is 17.7 Å². The third-order valence-corrected chi connectivity index (χ3v) is 3.57. The molecule has 0 radical (unpaired) electrons. The Morgan fingerprint density at radius 1 is 1.17 bits per heavy atom. The minimum atomic E-state index is -2.87. The van der Waals surface area contributed by atoms with E-state index in [4.69, 9.17) is 17.7 Å². The quantitative estimate of drug-likeness (QED) is 0.464. The van der Waals surface area contributed by atoms with Crippen molar-refractivity contribution in [3.63, 3.8) is 0 Å². The molecule has 0 amide bonds. The van der Waals surface area contributed by atoms with Gasteiger partial charge in [-0.15, -0.1) is 6.58 Å². The molecule has 0 saturated carbocycles. The summed E-state index contributed by atoms with van der Waals surface area (Å²) in [5.74, 6) is 0. The first-order valence-corrected chi connectivity index (χ1v) is 5.23. The predicted octanol–water partition coefficient (Wildman–Crippen LogP) is 0.952. The van der Waals surface area contributed by atoms with Gasteiger partial charge in [0.05, 0.1) is 6.10 Å². The van der Waals surface area contributed by atoms with Crippen LogP contribution in [0, 0.1) is 0 Å². The van der Waals surface area contributed by atoms with Gasteiger partial charge in [-0.1, -0.05) is 6.08 Å². The maximum absolute atomic E-state index is 5.39. The summed E-state index contributed by atoms with van der Waals surface area (Å²) < 4.78 is 20.5. The van der Waals surface area contributed by atoms with Crippen LogP contribution in [0.4, 0.5) is 0 Å². The van der Waals surface area contributed by atoms with Crippen LogP contribution < -0.4 is 0 Å². The largest absolute Gasteiger partial charge is 0.679 e. The van der Waals surface area contributed by atoms with Crippen molar-refractivity contribution in [1.82, 2.24) is 0 Å². The first kappa shape index (κ1) is 11.8. The molecule has 0 aromatic carbocycles. The van der Waals surface area contributed by atoms with Crippen LogP contribution in [0.2, 0.25) is 0 Å². The summed E-state index contributed by atoms with van der Waals surface area (Å²) in [6.07, 6.45) is 1.51. The van der Waals surface area contributed by atoms with E-state index >= 15 is 0 Å². The highest BCUT2D eigenvalue weighted by Crippen LogP contribution is 2.11. The Morgan fingerprint density at radius 2 is 1.58 bits per heavy atom. The van der Waals surface area contributed by atoms with Crippen molar-refractivity contribution in [2.75, 3.05) is 21.3 Å². The summed E-state index contributed by atoms with van der Waals surface area (Å²) in [6, 6.07) is 0. The van der Waals surface area contributed by atoms with E-state index in [2.05, 4.69) is 6.58 Å². The van der Waals surface area contributed by atoms with E-state index in [-0.39, 0.29) is 6.10 Å². The Hall–Kier alpha value is -0.203. The standard InChI is InChI=1S/C7H16O4Si/c1-6-7(2)11-12(8-3,9-4)10-5/h6-7H,1H2,2-5H3. The summed E-state index contributed by atoms with van der Waals surface area (Å²) in [5.41, 5.74) is 0. The van der Waals surface area contributed by atoms with E-state index < -0.39 is 9.05 Å². The molecule has 0 rings (SSSR count). The normalized spacial score (nSPS) is 14.3. The van der Waals surface area contributed by atoms with Gasteiger partial charge in [0.2, 0.25) is 0 Å². The van der Waals surface area contributed by atoms with Crippen LogP contribution in [0.15, 0.2) is 12.7 Å². The van der Waals surface area contributed by atoms with E-state index in [1.54, 1.807) is 6.08 Å². The average Bonchev–Trinajstić information content (AvgIpc) is 2.14. The number of hydrogen-bond donors (Lipinski definition) is 0. The Kier molecular flexibility index (Phi) is 5.35. The average molecular weight is 192 g/mol. The van der Waals surface area contributed by atoms with Crippen LogP contribution in [0.5, 0.6) is 0 Å². The molecule has 0 aromatic heterocycles. The third-order valence-electron chi connectivity index (χ3n) is 1.41. The highest BCUT2D eigenvalue weighted by atomic mass is 28.4. The van der Waals surface area contributed by atoms with Gasteiger partial charge in [-0.25, -0.2) is 0 Å². The Labute approximate surface area is 74.6 Å². The first-order valence-electron chi connectivity index (χ1n) is 3.60. The molecule has 0 fully saturated rings. The third kappa shape index (κ3) is 3.04. The summed E-state index contributed by atoms with van der Waals surface area (Å²) in [6.45, 7) is 5.42. The molecule has 0 aliphatic heterocycles. The van der Waals surface area contributed by atoms with Gasteiger partial charge in [0.15, 0.2) is 0 Å². The van der Waals surface area contributed by atoms with Gasteiger partial charge in [0.25, 0.3) is 0 Å². The second-order valence-electron chi connectivity index (χ2n) is 2.17. The van der Waals surface area contributed by atoms with Crippen molar-refractivity contribution in [1.29, 1.82) is 0 Å². The fourth-order valence-corrected chi connectivity index (χ4v) is 2.01. The molecule has 12 heavy (non-hydrogen) atoms. The van der Waals surface area contributed by atoms with Gasteiger partial charge in [-0.3, -0.25) is 0 Å². The van der Waals surface area contributed by atoms with Gasteiger partial charge in [-0.05, 0) is 6.92 Å². The zero-order chi connectivity index (χ0) is 9.61. The fraction of sp³-hybridized carbons (Fsp3) is 0.714. The Morgan fingerprint density at radius 3 is 1.83 bits per heavy atom. The molecule has 0 aliphatic carbocycles. The lowest BCUT2D eigenvalue weighted by atomic mass is 10.4. The summed E-state index contributed by atoms with van der Waals surface area (Å²) in [5, 5.41) is 0. The number of rotatable bonds is 6. The molecule has 0 aliphatic rings. The van der Waals surface area contributed by atoms with Crippen molar-refractivity contribution >= 4 is 9.05 Å². The predicted molar refractivity (Wildman–Crippen MR) is 47.5 cm³/mol. The zero-order valence-corrected chi connectivity index (χ0v) is 8.99. The van der Waals surface area contributed by atoms with E-state index in [0.717, 1.165) is 0 Å². The summed E-state index contributed by atoms with van der Waals surface area (Å²) >= 11 is 0. The van der Waals surface area contributed by atoms with E-state index in [1.165, 1.54) is 21.3 Å². The molecule has 0 N–H and O–H groups in total. The molecule has 1 atom stereocenters. The topological polar surface area (TPSA) is 36.9 Å². The van der Waals surface area contributed by atoms with Crippen molar-refractivity contribution in [2.45, 2.75) is 13.0 Å². The zero-order valence-electron chi connectivity index (χ0n) is 7.99. The van der Waals surface area contributed by atoms with E-state index in [1.807, 2.05) is 6.92 Å². The van der Waals surface area contributed by atoms with Crippen LogP contribution >= 0.6 is 0 Å². The van der Waals surface area contributed by atoms with Crippen LogP contribution in [0.25, 0.3) is 0 Å². The van der Waals surface area contributed by atoms with Gasteiger partial charge in [0.1, 0.15) is 0 Å². The van der Waals surface area contributed by atoms with E-state index in [9.17, 15) is 0 Å². The van der Waals surface area contributed by atoms with E-state index in [0.29, 0.717) is 0 Å². The highest BCUT2D eigenvalue weighted by Gasteiger charge is 2.43. The summed E-state index contributed by atoms with van der Waals surface area (Å²) in [7, 11) is 1.61. The van der Waals surface area contributed by atoms with Crippen LogP contribution in [-0.4, -0.2) is 36.5 Å². The highest BCUT2D eigenvalue weighted by molar-refractivity contribution is 6.53. The molecular weight excluding hydrogens is 176 g/mol. The van der Waals surface area contributed by atoms with Gasteiger partial charge >= 0.3 is 9.05 Å². The van der Waals surface area contributed by atoms with Crippen LogP contribution in [-0.2, 0) is 17.7 Å². The maximum Gasteiger partial charge on any atom is 0.679 e. The second-order valence-corrected chi connectivity index (χ2v) is 4.63. The minimum absolute atomic E-state index is 0.142. The lowest BCUT2D eigenvalue weighted by Crippen LogP contribution is -2.48. The lowest BCUT2D eigenvalue weighted by molar-refractivity contribution is -0.00632. The van der Waals surface area contributed by atoms with Gasteiger partial charge in [-0.2, -0.15) is 0 Å². The molecule has 0 bridgehead atoms. The molecule has 0 aromatic rings. The molecule has 4 nitrogen and oxygen atoms in total. The SMILES string of the molecule is C=CC(C)O[Si](OC)(OC)OC. The van der Waals surface area contributed by atoms with Crippen molar-refractivity contribution in [3.8, 4) is 0 Å². The maximum atomic E-state index is 5.39. The molecule has 5 heteroatoms. The molecule has 1 unspecified atom stereocenters. The van der Waals surface area contributed by atoms with Crippen molar-refractivity contribution in [3.05, 3.63) is 12.7 Å². The Bertz CT molecular complexity index is 127. The lowest BCUT2D eigenvalue weighted by Gasteiger charge is -2.25. The van der Waals surface area contributed by atoms with Gasteiger partial charge < -0.3 is 17.7 Å². The van der Waals surface area contributed by atoms with Crippen molar-refractivity contribution in [2.24, 2.45) is 0 Å². The molecule has 0 saturated heterocycles. The smallest absolute Gasteiger partial charge is 0.355 e. The monoisotopic (exact) mass is 192 g/mol. The summed E-state index contributed by atoms with van der Waals surface area (Å²) in [4.78, 5) is 0. The Balaban J connectivity index is 4.18. The first-order chi connectivity index (χ1) is 5.64. The molecule has 72 valence electrons. The number of hydrogen-bond acceptors (Lipinski definition) is 4. The molecular formula is C7H16O4Si. The fourth-order valence-electron chi connectivity index (χ4n) is 0.670. The van der Waals surface area contributed by atoms with Crippen LogP contribution in [0.3, 0.4) is 0 Å². The molecule has 0 heterocycles. The minimum Gasteiger partial charge on any atom is -0.355 e. The van der Waals surface area contributed by atoms with Crippen LogP contribution in [0.1, 0.15) is 6.92 Å².